The van der Waals surface area contributed by atoms with E-state index in [9.17, 15) is 9.90 Å². The molecule has 1 atom stereocenters. The highest BCUT2D eigenvalue weighted by molar-refractivity contribution is 5.77. The monoisotopic (exact) mass is 299 g/mol. The average Bonchev–Trinajstić information content (AvgIpc) is 2.47. The minimum absolute atomic E-state index is 0.114. The number of carbonyl (C=O) groups is 1. The predicted molar refractivity (Wildman–Crippen MR) is 85.9 cm³/mol. The Bertz CT molecular complexity index is 636. The average molecular weight is 299 g/mol. The molecule has 0 bridgehead atoms. The van der Waals surface area contributed by atoms with Crippen molar-refractivity contribution in [2.45, 2.75) is 38.6 Å². The smallest absolute Gasteiger partial charge is 0.326 e. The normalized spacial score (nSPS) is 12.7. The number of rotatable bonds is 5. The summed E-state index contributed by atoms with van der Waals surface area (Å²) in [6.45, 7) is 6.16. The lowest BCUT2D eigenvalue weighted by Crippen LogP contribution is -2.32. The number of carboxylic acids is 1. The van der Waals surface area contributed by atoms with E-state index in [1.807, 2.05) is 36.4 Å². The topological polar surface area (TPSA) is 75.1 Å². The van der Waals surface area contributed by atoms with Gasteiger partial charge in [0.2, 0.25) is 5.95 Å². The van der Waals surface area contributed by atoms with Gasteiger partial charge in [0.25, 0.3) is 0 Å². The van der Waals surface area contributed by atoms with Crippen LogP contribution in [-0.4, -0.2) is 27.1 Å². The largest absolute Gasteiger partial charge is 0.480 e. The Morgan fingerprint density at radius 2 is 1.91 bits per heavy atom. The molecule has 0 saturated heterocycles. The first kappa shape index (κ1) is 15.9. The zero-order valence-corrected chi connectivity index (χ0v) is 13.1. The molecule has 0 fully saturated rings. The van der Waals surface area contributed by atoms with Crippen molar-refractivity contribution in [1.82, 2.24) is 9.97 Å². The lowest BCUT2D eigenvalue weighted by molar-refractivity contribution is -0.137. The number of hydrogen-bond donors (Lipinski definition) is 2. The van der Waals surface area contributed by atoms with Gasteiger partial charge >= 0.3 is 5.97 Å². The first-order valence-electron chi connectivity index (χ1n) is 7.23. The van der Waals surface area contributed by atoms with Gasteiger partial charge in [-0.1, -0.05) is 51.1 Å². The van der Waals surface area contributed by atoms with Gasteiger partial charge < -0.3 is 10.4 Å². The van der Waals surface area contributed by atoms with E-state index in [0.29, 0.717) is 12.4 Å². The number of aromatic nitrogens is 2. The van der Waals surface area contributed by atoms with Gasteiger partial charge in [0.15, 0.2) is 0 Å². The van der Waals surface area contributed by atoms with Gasteiger partial charge in [-0.3, -0.25) is 0 Å². The Morgan fingerprint density at radius 3 is 2.50 bits per heavy atom. The first-order valence-corrected chi connectivity index (χ1v) is 7.23. The fourth-order valence-corrected chi connectivity index (χ4v) is 2.05. The molecular formula is C17H21N3O2. The van der Waals surface area contributed by atoms with E-state index in [-0.39, 0.29) is 5.41 Å². The second-order valence-corrected chi connectivity index (χ2v) is 6.24. The van der Waals surface area contributed by atoms with Crippen molar-refractivity contribution in [3.05, 3.63) is 53.9 Å². The fraction of sp³-hybridized carbons (Fsp3) is 0.353. The molecule has 1 aromatic carbocycles. The zero-order chi connectivity index (χ0) is 16.2. The van der Waals surface area contributed by atoms with E-state index in [1.165, 1.54) is 0 Å². The lowest BCUT2D eigenvalue weighted by Gasteiger charge is -2.19. The molecule has 0 aliphatic carbocycles. The Hall–Kier alpha value is -2.43. The summed E-state index contributed by atoms with van der Waals surface area (Å²) >= 11 is 0. The summed E-state index contributed by atoms with van der Waals surface area (Å²) in [5, 5.41) is 12.3. The highest BCUT2D eigenvalue weighted by Crippen LogP contribution is 2.20. The van der Waals surface area contributed by atoms with E-state index >= 15 is 0 Å². The van der Waals surface area contributed by atoms with Crippen LogP contribution in [0.1, 0.15) is 32.0 Å². The Morgan fingerprint density at radius 1 is 1.23 bits per heavy atom. The summed E-state index contributed by atoms with van der Waals surface area (Å²) in [5.41, 5.74) is 1.71. The van der Waals surface area contributed by atoms with Crippen LogP contribution in [0, 0.1) is 0 Å². The SMILES string of the molecule is CC(C)(C)c1ccnc(N[C@H](Cc2ccccc2)C(=O)O)n1. The van der Waals surface area contributed by atoms with Crippen molar-refractivity contribution in [2.24, 2.45) is 0 Å². The third-order valence-corrected chi connectivity index (χ3v) is 3.31. The van der Waals surface area contributed by atoms with Crippen LogP contribution in [0.25, 0.3) is 0 Å². The molecule has 2 aromatic rings. The molecule has 1 aromatic heterocycles. The maximum Gasteiger partial charge on any atom is 0.326 e. The van der Waals surface area contributed by atoms with Crippen LogP contribution in [0.4, 0.5) is 5.95 Å². The van der Waals surface area contributed by atoms with Gasteiger partial charge in [-0.05, 0) is 11.6 Å². The number of aliphatic carboxylic acids is 1. The summed E-state index contributed by atoms with van der Waals surface area (Å²) in [6, 6.07) is 10.6. The van der Waals surface area contributed by atoms with Crippen LogP contribution in [0.15, 0.2) is 42.6 Å². The molecule has 22 heavy (non-hydrogen) atoms. The minimum Gasteiger partial charge on any atom is -0.480 e. The van der Waals surface area contributed by atoms with Gasteiger partial charge in [-0.2, -0.15) is 0 Å². The van der Waals surface area contributed by atoms with E-state index in [4.69, 9.17) is 0 Å². The van der Waals surface area contributed by atoms with Crippen LogP contribution in [0.3, 0.4) is 0 Å². The fourth-order valence-electron chi connectivity index (χ4n) is 2.05. The van der Waals surface area contributed by atoms with Gasteiger partial charge in [-0.15, -0.1) is 0 Å². The highest BCUT2D eigenvalue weighted by Gasteiger charge is 2.21. The molecule has 0 spiro atoms. The highest BCUT2D eigenvalue weighted by atomic mass is 16.4. The maximum absolute atomic E-state index is 11.5. The minimum atomic E-state index is -0.923. The van der Waals surface area contributed by atoms with Crippen molar-refractivity contribution in [2.75, 3.05) is 5.32 Å². The molecule has 0 unspecified atom stereocenters. The summed E-state index contributed by atoms with van der Waals surface area (Å²) in [6.07, 6.45) is 2.02. The third-order valence-electron chi connectivity index (χ3n) is 3.31. The molecule has 0 amide bonds. The number of nitrogens with one attached hydrogen (secondary N) is 1. The molecule has 5 heteroatoms. The van der Waals surface area contributed by atoms with Crippen molar-refractivity contribution >= 4 is 11.9 Å². The molecule has 0 saturated carbocycles. The molecule has 0 aliphatic heterocycles. The second kappa shape index (κ2) is 6.56. The van der Waals surface area contributed by atoms with E-state index in [2.05, 4.69) is 36.1 Å². The zero-order valence-electron chi connectivity index (χ0n) is 13.1. The van der Waals surface area contributed by atoms with Crippen LogP contribution in [-0.2, 0) is 16.6 Å². The molecule has 1 heterocycles. The Kier molecular flexibility index (Phi) is 4.75. The van der Waals surface area contributed by atoms with E-state index in [0.717, 1.165) is 11.3 Å². The molecule has 0 aliphatic rings. The van der Waals surface area contributed by atoms with Crippen molar-refractivity contribution < 1.29 is 9.90 Å². The summed E-state index contributed by atoms with van der Waals surface area (Å²) < 4.78 is 0. The third kappa shape index (κ3) is 4.28. The molecule has 2 rings (SSSR count). The van der Waals surface area contributed by atoms with Gasteiger partial charge in [0, 0.05) is 18.0 Å². The number of carboxylic acid groups (broad SMARTS) is 1. The molecule has 116 valence electrons. The second-order valence-electron chi connectivity index (χ2n) is 6.24. The van der Waals surface area contributed by atoms with Crippen molar-refractivity contribution in [3.8, 4) is 0 Å². The van der Waals surface area contributed by atoms with Gasteiger partial charge in [0.1, 0.15) is 6.04 Å². The summed E-state index contributed by atoms with van der Waals surface area (Å²) in [4.78, 5) is 20.0. The Labute approximate surface area is 130 Å². The Balaban J connectivity index is 2.16. The predicted octanol–water partition coefficient (Wildman–Crippen LogP) is 2.88. The van der Waals surface area contributed by atoms with Crippen LogP contribution in [0.2, 0.25) is 0 Å². The summed E-state index contributed by atoms with van der Waals surface area (Å²) in [5.74, 6) is -0.579. The lowest BCUT2D eigenvalue weighted by atomic mass is 9.92. The molecule has 2 N–H and O–H groups in total. The van der Waals surface area contributed by atoms with Crippen LogP contribution >= 0.6 is 0 Å². The quantitative estimate of drug-likeness (QED) is 0.888. The number of hydrogen-bond acceptors (Lipinski definition) is 4. The maximum atomic E-state index is 11.5. The number of anilines is 1. The van der Waals surface area contributed by atoms with Gasteiger partial charge in [0.05, 0.1) is 5.69 Å². The van der Waals surface area contributed by atoms with Crippen molar-refractivity contribution in [3.63, 3.8) is 0 Å². The number of benzene rings is 1. The van der Waals surface area contributed by atoms with Crippen molar-refractivity contribution in [1.29, 1.82) is 0 Å². The van der Waals surface area contributed by atoms with Crippen LogP contribution in [0.5, 0.6) is 0 Å². The molecule has 0 radical (unpaired) electrons. The van der Waals surface area contributed by atoms with Gasteiger partial charge in [-0.25, -0.2) is 14.8 Å². The summed E-state index contributed by atoms with van der Waals surface area (Å²) in [7, 11) is 0. The van der Waals surface area contributed by atoms with E-state index < -0.39 is 12.0 Å². The van der Waals surface area contributed by atoms with E-state index in [1.54, 1.807) is 6.20 Å². The first-order chi connectivity index (χ1) is 10.4. The number of nitrogens with zero attached hydrogens (tertiary/aromatic N) is 2. The standard InChI is InChI=1S/C17H21N3O2/c1-17(2,3)14-9-10-18-16(20-14)19-13(15(21)22)11-12-7-5-4-6-8-12/h4-10,13H,11H2,1-3H3,(H,21,22)(H,18,19,20)/t13-/m1/s1. The molecular weight excluding hydrogens is 278 g/mol. The molecule has 5 nitrogen and oxygen atoms in total. The van der Waals surface area contributed by atoms with Crippen LogP contribution < -0.4 is 5.32 Å².